The maximum Gasteiger partial charge on any atom is 0.141 e. The fourth-order valence-electron chi connectivity index (χ4n) is 3.62. The Morgan fingerprint density at radius 2 is 1.69 bits per heavy atom. The van der Waals surface area contributed by atoms with Gasteiger partial charge in [0.25, 0.3) is 0 Å². The van der Waals surface area contributed by atoms with Crippen molar-refractivity contribution in [3.63, 3.8) is 0 Å². The molecule has 2 aromatic heterocycles. The number of anilines is 2. The Balaban J connectivity index is 0.000000497. The van der Waals surface area contributed by atoms with Crippen molar-refractivity contribution in [3.8, 4) is 22.8 Å². The third kappa shape index (κ3) is 7.01. The molecule has 1 fully saturated rings. The number of fused-ring (bicyclic) bond motifs is 1. The van der Waals surface area contributed by atoms with E-state index in [1.807, 2.05) is 20.2 Å². The van der Waals surface area contributed by atoms with Crippen molar-refractivity contribution in [2.45, 2.75) is 19.3 Å². The highest BCUT2D eigenvalue weighted by molar-refractivity contribution is 6.41. The molecule has 0 saturated carbocycles. The van der Waals surface area contributed by atoms with Crippen molar-refractivity contribution in [1.82, 2.24) is 14.9 Å². The molecule has 190 valence electrons. The number of benzene rings is 1. The summed E-state index contributed by atoms with van der Waals surface area (Å²) in [6, 6.07) is 5.30. The number of hydrogen-bond acceptors (Lipinski definition) is 8. The maximum absolute atomic E-state index is 6.58. The molecule has 3 heterocycles. The first kappa shape index (κ1) is 27.1. The van der Waals surface area contributed by atoms with Crippen LogP contribution in [-0.4, -0.2) is 69.5 Å². The lowest BCUT2D eigenvalue weighted by molar-refractivity contribution is 0.0968. The van der Waals surface area contributed by atoms with Gasteiger partial charge in [0, 0.05) is 54.9 Å². The molecule has 3 aromatic rings. The Morgan fingerprint density at radius 3 is 2.20 bits per heavy atom. The van der Waals surface area contributed by atoms with Gasteiger partial charge in [0.15, 0.2) is 0 Å². The number of pyridine rings is 2. The summed E-state index contributed by atoms with van der Waals surface area (Å²) < 4.78 is 15.8. The average molecular weight is 522 g/mol. The van der Waals surface area contributed by atoms with Crippen LogP contribution in [0.2, 0.25) is 10.0 Å². The van der Waals surface area contributed by atoms with Gasteiger partial charge < -0.3 is 30.2 Å². The van der Waals surface area contributed by atoms with E-state index in [1.54, 1.807) is 18.3 Å². The van der Waals surface area contributed by atoms with Crippen LogP contribution in [0.5, 0.6) is 11.5 Å². The standard InChI is InChI=1S/C20H23Cl2N5O2.C5H10O/c1-27(2)6-5-24-20-12-8-16(23)25-10-11(12)7-13(26-20)17-18(21)14(28-3)9-15(29-4)19(17)22;1-2-4-6-5-3-1/h7-10H,5-6H2,1-4H3,(H2,23,25)(H,24,26);1-5H2. The molecule has 1 saturated heterocycles. The number of hydrogen-bond donors (Lipinski definition) is 2. The first-order chi connectivity index (χ1) is 16.8. The van der Waals surface area contributed by atoms with Crippen molar-refractivity contribution < 1.29 is 14.2 Å². The summed E-state index contributed by atoms with van der Waals surface area (Å²) in [5, 5.41) is 5.79. The van der Waals surface area contributed by atoms with E-state index < -0.39 is 0 Å². The molecular weight excluding hydrogens is 489 g/mol. The van der Waals surface area contributed by atoms with Crippen molar-refractivity contribution in [3.05, 3.63) is 34.4 Å². The summed E-state index contributed by atoms with van der Waals surface area (Å²) in [6.07, 6.45) is 5.63. The van der Waals surface area contributed by atoms with Gasteiger partial charge in [-0.3, -0.25) is 0 Å². The van der Waals surface area contributed by atoms with E-state index in [4.69, 9.17) is 48.1 Å². The molecule has 0 radical (unpaired) electrons. The van der Waals surface area contributed by atoms with Crippen LogP contribution < -0.4 is 20.5 Å². The average Bonchev–Trinajstić information content (AvgIpc) is 2.86. The second-order valence-corrected chi connectivity index (χ2v) is 9.13. The van der Waals surface area contributed by atoms with Gasteiger partial charge in [-0.05, 0) is 45.5 Å². The minimum atomic E-state index is 0.354. The highest BCUT2D eigenvalue weighted by Crippen LogP contribution is 2.46. The molecule has 0 spiro atoms. The molecule has 35 heavy (non-hydrogen) atoms. The van der Waals surface area contributed by atoms with Gasteiger partial charge in [-0.2, -0.15) is 0 Å². The number of nitrogens with zero attached hydrogens (tertiary/aromatic N) is 3. The Morgan fingerprint density at radius 1 is 1.03 bits per heavy atom. The lowest BCUT2D eigenvalue weighted by Gasteiger charge is -2.17. The number of likely N-dealkylation sites (N-methyl/N-ethyl adjacent to an activating group) is 1. The molecule has 4 rings (SSSR count). The molecule has 0 aliphatic carbocycles. The molecule has 0 atom stereocenters. The van der Waals surface area contributed by atoms with Gasteiger partial charge in [-0.15, -0.1) is 0 Å². The molecule has 0 amide bonds. The van der Waals surface area contributed by atoms with E-state index in [2.05, 4.69) is 15.2 Å². The zero-order valence-electron chi connectivity index (χ0n) is 20.7. The second kappa shape index (κ2) is 13.0. The molecule has 3 N–H and O–H groups in total. The van der Waals surface area contributed by atoms with Gasteiger partial charge in [-0.25, -0.2) is 9.97 Å². The number of rotatable bonds is 7. The lowest BCUT2D eigenvalue weighted by atomic mass is 10.1. The van der Waals surface area contributed by atoms with Crippen molar-refractivity contribution in [2.75, 3.05) is 65.7 Å². The molecule has 0 bridgehead atoms. The van der Waals surface area contributed by atoms with Gasteiger partial charge in [-0.1, -0.05) is 23.2 Å². The summed E-state index contributed by atoms with van der Waals surface area (Å²) in [5.41, 5.74) is 6.99. The van der Waals surface area contributed by atoms with Crippen LogP contribution in [-0.2, 0) is 4.74 Å². The number of nitrogens with two attached hydrogens (primary N) is 1. The van der Waals surface area contributed by atoms with Crippen molar-refractivity contribution in [1.29, 1.82) is 0 Å². The zero-order chi connectivity index (χ0) is 25.4. The molecule has 1 aliphatic rings. The van der Waals surface area contributed by atoms with E-state index in [-0.39, 0.29) is 0 Å². The van der Waals surface area contributed by atoms with Crippen LogP contribution in [0.25, 0.3) is 22.0 Å². The van der Waals surface area contributed by atoms with Gasteiger partial charge in [0.1, 0.15) is 23.1 Å². The van der Waals surface area contributed by atoms with E-state index >= 15 is 0 Å². The van der Waals surface area contributed by atoms with Crippen LogP contribution in [0.15, 0.2) is 24.4 Å². The van der Waals surface area contributed by atoms with Crippen LogP contribution in [0.4, 0.5) is 11.6 Å². The number of methoxy groups -OCH3 is 2. The molecule has 10 heteroatoms. The minimum Gasteiger partial charge on any atom is -0.495 e. The first-order valence-electron chi connectivity index (χ1n) is 11.5. The third-order valence-electron chi connectivity index (χ3n) is 5.49. The number of aromatic nitrogens is 2. The van der Waals surface area contributed by atoms with Crippen molar-refractivity contribution >= 4 is 45.6 Å². The van der Waals surface area contributed by atoms with Crippen LogP contribution >= 0.6 is 23.2 Å². The quantitative estimate of drug-likeness (QED) is 0.428. The zero-order valence-corrected chi connectivity index (χ0v) is 22.2. The fourth-order valence-corrected chi connectivity index (χ4v) is 4.32. The summed E-state index contributed by atoms with van der Waals surface area (Å²) in [7, 11) is 7.08. The molecule has 1 aliphatic heterocycles. The number of nitrogens with one attached hydrogen (secondary N) is 1. The van der Waals surface area contributed by atoms with E-state index in [9.17, 15) is 0 Å². The predicted octanol–water partition coefficient (Wildman–Crippen LogP) is 5.36. The van der Waals surface area contributed by atoms with Crippen LogP contribution in [0.3, 0.4) is 0 Å². The van der Waals surface area contributed by atoms with E-state index in [1.165, 1.54) is 33.5 Å². The van der Waals surface area contributed by atoms with E-state index in [0.717, 1.165) is 30.5 Å². The molecule has 0 unspecified atom stereocenters. The Labute approximate surface area is 216 Å². The Bertz CT molecular complexity index is 1100. The van der Waals surface area contributed by atoms with Crippen LogP contribution in [0.1, 0.15) is 19.3 Å². The summed E-state index contributed by atoms with van der Waals surface area (Å²) >= 11 is 13.2. The first-order valence-corrected chi connectivity index (χ1v) is 12.2. The van der Waals surface area contributed by atoms with Gasteiger partial charge in [0.2, 0.25) is 0 Å². The fraction of sp³-hybridized carbons (Fsp3) is 0.440. The number of halogens is 2. The summed E-state index contributed by atoms with van der Waals surface area (Å²) in [5.74, 6) is 1.98. The number of ether oxygens (including phenoxy) is 3. The van der Waals surface area contributed by atoms with Crippen LogP contribution in [0, 0.1) is 0 Å². The summed E-state index contributed by atoms with van der Waals surface area (Å²) in [6.45, 7) is 3.53. The Kier molecular flexibility index (Phi) is 10.0. The lowest BCUT2D eigenvalue weighted by Crippen LogP contribution is -2.21. The third-order valence-corrected chi connectivity index (χ3v) is 6.24. The van der Waals surface area contributed by atoms with Gasteiger partial charge in [0.05, 0.1) is 30.0 Å². The predicted molar refractivity (Wildman–Crippen MR) is 144 cm³/mol. The monoisotopic (exact) mass is 521 g/mol. The molecule has 8 nitrogen and oxygen atoms in total. The highest BCUT2D eigenvalue weighted by atomic mass is 35.5. The SMILES string of the molecule is C1CCOCC1.COc1cc(OC)c(Cl)c(-c2cc3cnc(N)cc3c(NCCN(C)C)n2)c1Cl. The number of nitrogen functional groups attached to an aromatic ring is 1. The highest BCUT2D eigenvalue weighted by Gasteiger charge is 2.21. The molecule has 1 aromatic carbocycles. The smallest absolute Gasteiger partial charge is 0.141 e. The second-order valence-electron chi connectivity index (χ2n) is 8.37. The summed E-state index contributed by atoms with van der Waals surface area (Å²) in [4.78, 5) is 11.1. The maximum atomic E-state index is 6.58. The largest absolute Gasteiger partial charge is 0.495 e. The molecular formula is C25H33Cl2N5O3. The van der Waals surface area contributed by atoms with Gasteiger partial charge >= 0.3 is 0 Å². The minimum absolute atomic E-state index is 0.354. The Hall–Kier alpha value is -2.52. The van der Waals surface area contributed by atoms with Crippen molar-refractivity contribution in [2.24, 2.45) is 0 Å². The van der Waals surface area contributed by atoms with E-state index in [0.29, 0.717) is 51.0 Å². The topological polar surface area (TPSA) is 94.8 Å². The normalized spacial score (nSPS) is 13.3.